The lowest BCUT2D eigenvalue weighted by molar-refractivity contribution is -0.139. The van der Waals surface area contributed by atoms with Crippen LogP contribution in [0.5, 0.6) is 0 Å². The van der Waals surface area contributed by atoms with Crippen LogP contribution in [-0.2, 0) is 9.53 Å². The fraction of sp³-hybridized carbons (Fsp3) is 0.323. The van der Waals surface area contributed by atoms with Crippen molar-refractivity contribution in [3.63, 3.8) is 0 Å². The lowest BCUT2D eigenvalue weighted by atomic mass is 9.88. The number of nitrogens with one attached hydrogen (secondary N) is 4. The van der Waals surface area contributed by atoms with Crippen molar-refractivity contribution in [2.75, 3.05) is 13.2 Å². The number of hydrogen-bond acceptors (Lipinski definition) is 6. The summed E-state index contributed by atoms with van der Waals surface area (Å²) in [7, 11) is 0. The highest BCUT2D eigenvalue weighted by Crippen LogP contribution is 2.30. The Morgan fingerprint density at radius 1 is 0.929 bits per heavy atom. The highest BCUT2D eigenvalue weighted by Gasteiger charge is 2.23. The van der Waals surface area contributed by atoms with Crippen molar-refractivity contribution in [1.82, 2.24) is 20.9 Å². The van der Waals surface area contributed by atoms with Crippen molar-refractivity contribution in [1.29, 1.82) is 0 Å². The van der Waals surface area contributed by atoms with Gasteiger partial charge in [0.15, 0.2) is 0 Å². The number of aliphatic imine (C=N–C) groups is 1. The topological polar surface area (TPSA) is 162 Å². The van der Waals surface area contributed by atoms with Gasteiger partial charge in [-0.05, 0) is 56.9 Å². The second kappa shape index (κ2) is 15.8. The predicted octanol–water partition coefficient (Wildman–Crippen LogP) is 3.62. The van der Waals surface area contributed by atoms with E-state index in [0.717, 1.165) is 11.1 Å². The smallest absolute Gasteiger partial charge is 0.413 e. The molecule has 0 radical (unpaired) electrons. The Morgan fingerprint density at radius 2 is 1.55 bits per heavy atom. The number of nitrogens with zero attached hydrogens (tertiary/aromatic N) is 1. The molecule has 5 N–H and O–H groups in total. The SMILES string of the molecule is CCOC(=O)NC(=NCCC[C@H](NC(=O)c1ccc(C(c2ccccc2)c2ccccc2)[nH]c1=O)C(=O)O)NC(C)C. The van der Waals surface area contributed by atoms with E-state index in [-0.39, 0.29) is 49.5 Å². The van der Waals surface area contributed by atoms with E-state index in [2.05, 4.69) is 25.9 Å². The predicted molar refractivity (Wildman–Crippen MR) is 160 cm³/mol. The molecule has 1 atom stereocenters. The number of aromatic nitrogens is 1. The van der Waals surface area contributed by atoms with Gasteiger partial charge < -0.3 is 25.5 Å². The molecule has 11 heteroatoms. The van der Waals surface area contributed by atoms with Gasteiger partial charge in [0.05, 0.1) is 6.61 Å². The van der Waals surface area contributed by atoms with Gasteiger partial charge in [-0.15, -0.1) is 0 Å². The van der Waals surface area contributed by atoms with Crippen LogP contribution in [0.1, 0.15) is 66.7 Å². The number of carbonyl (C=O) groups is 3. The summed E-state index contributed by atoms with van der Waals surface area (Å²) in [5, 5.41) is 17.6. The maximum atomic E-state index is 13.0. The Labute approximate surface area is 244 Å². The molecule has 3 aromatic rings. The number of carboxylic acids is 1. The van der Waals surface area contributed by atoms with Crippen molar-refractivity contribution in [3.8, 4) is 0 Å². The van der Waals surface area contributed by atoms with Crippen LogP contribution in [-0.4, -0.2) is 59.3 Å². The Hall–Kier alpha value is -4.93. The summed E-state index contributed by atoms with van der Waals surface area (Å²) >= 11 is 0. The van der Waals surface area contributed by atoms with E-state index in [4.69, 9.17) is 4.74 Å². The molecule has 1 aromatic heterocycles. The zero-order valence-electron chi connectivity index (χ0n) is 23.9. The van der Waals surface area contributed by atoms with Crippen LogP contribution in [0, 0.1) is 0 Å². The molecule has 11 nitrogen and oxygen atoms in total. The van der Waals surface area contributed by atoms with Gasteiger partial charge in [0.1, 0.15) is 11.6 Å². The summed E-state index contributed by atoms with van der Waals surface area (Å²) in [6.07, 6.45) is -0.315. The number of carboxylic acid groups (broad SMARTS) is 1. The number of aromatic amines is 1. The van der Waals surface area contributed by atoms with Crippen LogP contribution in [0.2, 0.25) is 0 Å². The zero-order chi connectivity index (χ0) is 30.5. The summed E-state index contributed by atoms with van der Waals surface area (Å²) in [5.41, 5.74) is 1.72. The number of guanidine groups is 1. The maximum Gasteiger partial charge on any atom is 0.413 e. The first kappa shape index (κ1) is 31.6. The molecule has 3 rings (SSSR count). The minimum atomic E-state index is -1.24. The Kier molecular flexibility index (Phi) is 11.8. The summed E-state index contributed by atoms with van der Waals surface area (Å²) in [5.74, 6) is -2.09. The number of alkyl carbamates (subject to hydrolysis) is 1. The Bertz CT molecular complexity index is 1380. The van der Waals surface area contributed by atoms with E-state index < -0.39 is 29.6 Å². The van der Waals surface area contributed by atoms with Crippen LogP contribution in [0.4, 0.5) is 4.79 Å². The normalized spacial score (nSPS) is 12.1. The Balaban J connectivity index is 1.70. The Morgan fingerprint density at radius 3 is 2.07 bits per heavy atom. The van der Waals surface area contributed by atoms with E-state index >= 15 is 0 Å². The quantitative estimate of drug-likeness (QED) is 0.125. The number of aliphatic carboxylic acids is 1. The fourth-order valence-electron chi connectivity index (χ4n) is 4.32. The van der Waals surface area contributed by atoms with Gasteiger partial charge in [-0.25, -0.2) is 9.59 Å². The van der Waals surface area contributed by atoms with Gasteiger partial charge in [0, 0.05) is 24.2 Å². The molecule has 222 valence electrons. The number of H-pyrrole nitrogens is 1. The average molecular weight is 576 g/mol. The first-order chi connectivity index (χ1) is 20.2. The van der Waals surface area contributed by atoms with Crippen molar-refractivity contribution < 1.29 is 24.2 Å². The lowest BCUT2D eigenvalue weighted by Crippen LogP contribution is -2.44. The number of amides is 2. The average Bonchev–Trinajstić information content (AvgIpc) is 2.95. The minimum absolute atomic E-state index is 0.0168. The first-order valence-corrected chi connectivity index (χ1v) is 13.8. The maximum absolute atomic E-state index is 13.0. The van der Waals surface area contributed by atoms with Crippen molar-refractivity contribution in [3.05, 3.63) is 106 Å². The summed E-state index contributed by atoms with van der Waals surface area (Å²) in [4.78, 5) is 56.7. The van der Waals surface area contributed by atoms with E-state index in [1.165, 1.54) is 6.07 Å². The molecule has 1 heterocycles. The molecule has 2 aromatic carbocycles. The van der Waals surface area contributed by atoms with E-state index in [1.807, 2.05) is 74.5 Å². The van der Waals surface area contributed by atoms with Gasteiger partial charge in [-0.1, -0.05) is 60.7 Å². The monoisotopic (exact) mass is 575 g/mol. The third-order valence-corrected chi connectivity index (χ3v) is 6.20. The van der Waals surface area contributed by atoms with Crippen molar-refractivity contribution in [2.24, 2.45) is 4.99 Å². The molecular formula is C31H37N5O6. The molecule has 2 amide bonds. The van der Waals surface area contributed by atoms with Gasteiger partial charge in [-0.2, -0.15) is 0 Å². The largest absolute Gasteiger partial charge is 0.480 e. The highest BCUT2D eigenvalue weighted by molar-refractivity contribution is 5.96. The molecule has 0 saturated carbocycles. The number of carbonyl (C=O) groups excluding carboxylic acids is 2. The summed E-state index contributed by atoms with van der Waals surface area (Å²) < 4.78 is 4.87. The van der Waals surface area contributed by atoms with Crippen LogP contribution in [0.25, 0.3) is 0 Å². The van der Waals surface area contributed by atoms with E-state index in [0.29, 0.717) is 5.69 Å². The van der Waals surface area contributed by atoms with Gasteiger partial charge in [-0.3, -0.25) is 19.9 Å². The van der Waals surface area contributed by atoms with E-state index in [9.17, 15) is 24.3 Å². The molecule has 0 fully saturated rings. The van der Waals surface area contributed by atoms with Crippen molar-refractivity contribution in [2.45, 2.75) is 51.6 Å². The molecule has 0 aliphatic carbocycles. The second-order valence-electron chi connectivity index (χ2n) is 9.79. The molecule has 0 unspecified atom stereocenters. The first-order valence-electron chi connectivity index (χ1n) is 13.8. The summed E-state index contributed by atoms with van der Waals surface area (Å²) in [6.45, 7) is 5.80. The number of pyridine rings is 1. The van der Waals surface area contributed by atoms with Crippen LogP contribution in [0.3, 0.4) is 0 Å². The van der Waals surface area contributed by atoms with E-state index in [1.54, 1.807) is 13.0 Å². The minimum Gasteiger partial charge on any atom is -0.480 e. The van der Waals surface area contributed by atoms with Gasteiger partial charge in [0.25, 0.3) is 11.5 Å². The summed E-state index contributed by atoms with van der Waals surface area (Å²) in [6, 6.07) is 21.2. The number of rotatable bonds is 12. The molecule has 0 spiro atoms. The van der Waals surface area contributed by atoms with Crippen molar-refractivity contribution >= 4 is 23.9 Å². The van der Waals surface area contributed by atoms with Crippen LogP contribution >= 0.6 is 0 Å². The molecule has 0 aliphatic rings. The number of ether oxygens (including phenoxy) is 1. The van der Waals surface area contributed by atoms with Gasteiger partial charge in [0.2, 0.25) is 5.96 Å². The number of hydrogen-bond donors (Lipinski definition) is 5. The third-order valence-electron chi connectivity index (χ3n) is 6.20. The molecule has 0 bridgehead atoms. The zero-order valence-corrected chi connectivity index (χ0v) is 23.9. The second-order valence-corrected chi connectivity index (χ2v) is 9.79. The van der Waals surface area contributed by atoms with Gasteiger partial charge >= 0.3 is 12.1 Å². The number of benzene rings is 2. The van der Waals surface area contributed by atoms with Crippen LogP contribution in [0.15, 0.2) is 82.6 Å². The highest BCUT2D eigenvalue weighted by atomic mass is 16.5. The molecular weight excluding hydrogens is 538 g/mol. The molecule has 0 saturated heterocycles. The molecule has 0 aliphatic heterocycles. The third kappa shape index (κ3) is 9.33. The fourth-order valence-corrected chi connectivity index (χ4v) is 4.32. The lowest BCUT2D eigenvalue weighted by Gasteiger charge is -2.19. The standard InChI is InChI=1S/C31H37N5O6/c1-4-42-31(41)36-30(33-20(2)3)32-19-11-16-25(29(39)40)35-28(38)23-17-18-24(34-27(23)37)26(21-12-7-5-8-13-21)22-14-9-6-10-15-22/h5-10,12-15,17-18,20,25-26H,4,11,16,19H2,1-3H3,(H,34,37)(H,35,38)(H,39,40)(H2,32,33,36,41)/t25-/m0/s1. The van der Waals surface area contributed by atoms with Crippen LogP contribution < -0.4 is 21.5 Å². The molecule has 42 heavy (non-hydrogen) atoms.